The molecule has 1 heterocycles. The van der Waals surface area contributed by atoms with Gasteiger partial charge in [-0.25, -0.2) is 12.8 Å². The van der Waals surface area contributed by atoms with Gasteiger partial charge in [-0.3, -0.25) is 0 Å². The Morgan fingerprint density at radius 1 is 1.53 bits per heavy atom. The van der Waals surface area contributed by atoms with Gasteiger partial charge in [-0.15, -0.1) is 0 Å². The SMILES string of the molecule is C[C@@H]1CN(S(=O)(=O)Cc2ccc(F)c(Cl)c2)CCN1. The lowest BCUT2D eigenvalue weighted by Gasteiger charge is -2.31. The largest absolute Gasteiger partial charge is 0.312 e. The van der Waals surface area contributed by atoms with E-state index >= 15 is 0 Å². The summed E-state index contributed by atoms with van der Waals surface area (Å²) in [5.41, 5.74) is 0.498. The molecule has 4 nitrogen and oxygen atoms in total. The lowest BCUT2D eigenvalue weighted by molar-refractivity contribution is 0.310. The average molecular weight is 307 g/mol. The molecule has 0 spiro atoms. The van der Waals surface area contributed by atoms with Crippen molar-refractivity contribution in [3.8, 4) is 0 Å². The van der Waals surface area contributed by atoms with Crippen molar-refractivity contribution in [2.45, 2.75) is 18.7 Å². The van der Waals surface area contributed by atoms with Crippen LogP contribution in [-0.2, 0) is 15.8 Å². The third kappa shape index (κ3) is 3.66. The molecule has 1 aliphatic rings. The van der Waals surface area contributed by atoms with E-state index in [2.05, 4.69) is 5.32 Å². The summed E-state index contributed by atoms with van der Waals surface area (Å²) < 4.78 is 39.0. The van der Waals surface area contributed by atoms with E-state index in [4.69, 9.17) is 11.6 Å². The summed E-state index contributed by atoms with van der Waals surface area (Å²) in [5.74, 6) is -0.696. The molecule has 0 unspecified atom stereocenters. The molecule has 1 atom stereocenters. The molecule has 0 aliphatic carbocycles. The fourth-order valence-electron chi connectivity index (χ4n) is 2.08. The fraction of sp³-hybridized carbons (Fsp3) is 0.500. The van der Waals surface area contributed by atoms with Crippen LogP contribution in [0.15, 0.2) is 18.2 Å². The maximum atomic E-state index is 13.0. The van der Waals surface area contributed by atoms with Crippen LogP contribution in [0.2, 0.25) is 5.02 Å². The highest BCUT2D eigenvalue weighted by molar-refractivity contribution is 7.88. The number of hydrogen-bond acceptors (Lipinski definition) is 3. The Bertz CT molecular complexity index is 565. The minimum Gasteiger partial charge on any atom is -0.312 e. The van der Waals surface area contributed by atoms with Crippen LogP contribution in [-0.4, -0.2) is 38.4 Å². The molecule has 1 saturated heterocycles. The van der Waals surface area contributed by atoms with Gasteiger partial charge in [0, 0.05) is 25.7 Å². The predicted octanol–water partition coefficient (Wildman–Crippen LogP) is 1.60. The van der Waals surface area contributed by atoms with Gasteiger partial charge in [-0.05, 0) is 24.6 Å². The van der Waals surface area contributed by atoms with Crippen molar-refractivity contribution in [3.63, 3.8) is 0 Å². The van der Waals surface area contributed by atoms with E-state index in [0.29, 0.717) is 25.2 Å². The van der Waals surface area contributed by atoms with Gasteiger partial charge in [0.2, 0.25) is 10.0 Å². The topological polar surface area (TPSA) is 49.4 Å². The van der Waals surface area contributed by atoms with E-state index in [0.717, 1.165) is 0 Å². The van der Waals surface area contributed by atoms with Gasteiger partial charge in [0.25, 0.3) is 0 Å². The average Bonchev–Trinajstić information content (AvgIpc) is 2.33. The van der Waals surface area contributed by atoms with Gasteiger partial charge >= 0.3 is 0 Å². The number of hydrogen-bond donors (Lipinski definition) is 1. The zero-order chi connectivity index (χ0) is 14.0. The maximum absolute atomic E-state index is 13.0. The van der Waals surface area contributed by atoms with Crippen LogP contribution >= 0.6 is 11.6 Å². The molecule has 1 aromatic rings. The van der Waals surface area contributed by atoms with E-state index < -0.39 is 15.8 Å². The van der Waals surface area contributed by atoms with Crippen LogP contribution in [0, 0.1) is 5.82 Å². The van der Waals surface area contributed by atoms with E-state index in [1.54, 1.807) is 0 Å². The molecule has 1 N–H and O–H groups in total. The summed E-state index contributed by atoms with van der Waals surface area (Å²) in [6, 6.07) is 4.14. The number of benzene rings is 1. The second-order valence-corrected chi connectivity index (χ2v) is 7.09. The Labute approximate surface area is 117 Å². The summed E-state index contributed by atoms with van der Waals surface area (Å²) in [6.45, 7) is 3.50. The molecule has 1 fully saturated rings. The van der Waals surface area contributed by atoms with Crippen molar-refractivity contribution < 1.29 is 12.8 Å². The summed E-state index contributed by atoms with van der Waals surface area (Å²) in [5, 5.41) is 3.13. The number of nitrogens with zero attached hydrogens (tertiary/aromatic N) is 1. The van der Waals surface area contributed by atoms with Crippen LogP contribution < -0.4 is 5.32 Å². The smallest absolute Gasteiger partial charge is 0.218 e. The van der Waals surface area contributed by atoms with Gasteiger partial charge in [0.1, 0.15) is 5.82 Å². The standard InChI is InChI=1S/C12H16ClFN2O2S/c1-9-7-16(5-4-15-9)19(17,18)8-10-2-3-12(14)11(13)6-10/h2-3,6,9,15H,4-5,7-8H2,1H3/t9-/m1/s1. The summed E-state index contributed by atoms with van der Waals surface area (Å²) in [4.78, 5) is 0. The Kier molecular flexibility index (Phi) is 4.45. The Morgan fingerprint density at radius 2 is 2.26 bits per heavy atom. The summed E-state index contributed by atoms with van der Waals surface area (Å²) in [6.07, 6.45) is 0. The van der Waals surface area contributed by atoms with Gasteiger partial charge in [0.05, 0.1) is 10.8 Å². The zero-order valence-corrected chi connectivity index (χ0v) is 12.1. The highest BCUT2D eigenvalue weighted by Gasteiger charge is 2.27. The maximum Gasteiger partial charge on any atom is 0.218 e. The molecule has 1 aromatic carbocycles. The van der Waals surface area contributed by atoms with Crippen molar-refractivity contribution in [1.82, 2.24) is 9.62 Å². The highest BCUT2D eigenvalue weighted by atomic mass is 35.5. The molecule has 0 radical (unpaired) electrons. The third-order valence-corrected chi connectivity index (χ3v) is 5.16. The van der Waals surface area contributed by atoms with Crippen molar-refractivity contribution >= 4 is 21.6 Å². The van der Waals surface area contributed by atoms with Crippen LogP contribution in [0.3, 0.4) is 0 Å². The Hall–Kier alpha value is -0.690. The molecular formula is C12H16ClFN2O2S. The summed E-state index contributed by atoms with van der Waals surface area (Å²) in [7, 11) is -3.39. The summed E-state index contributed by atoms with van der Waals surface area (Å²) >= 11 is 5.66. The van der Waals surface area contributed by atoms with Crippen molar-refractivity contribution in [2.75, 3.05) is 19.6 Å². The second-order valence-electron chi connectivity index (χ2n) is 4.72. The molecule has 2 rings (SSSR count). The number of halogens is 2. The van der Waals surface area contributed by atoms with Crippen LogP contribution in [0.25, 0.3) is 0 Å². The van der Waals surface area contributed by atoms with Gasteiger partial charge in [-0.1, -0.05) is 17.7 Å². The van der Waals surface area contributed by atoms with Gasteiger partial charge in [0.15, 0.2) is 0 Å². The number of sulfonamides is 1. The first-order valence-corrected chi connectivity index (χ1v) is 8.02. The minimum atomic E-state index is -3.39. The van der Waals surface area contributed by atoms with E-state index in [-0.39, 0.29) is 16.8 Å². The fourth-order valence-corrected chi connectivity index (χ4v) is 3.89. The molecular weight excluding hydrogens is 291 g/mol. The van der Waals surface area contributed by atoms with Crippen molar-refractivity contribution in [3.05, 3.63) is 34.6 Å². The van der Waals surface area contributed by atoms with E-state index in [1.165, 1.54) is 22.5 Å². The van der Waals surface area contributed by atoms with E-state index in [9.17, 15) is 12.8 Å². The number of rotatable bonds is 3. The zero-order valence-electron chi connectivity index (χ0n) is 10.6. The molecule has 106 valence electrons. The van der Waals surface area contributed by atoms with Crippen LogP contribution in [0.4, 0.5) is 4.39 Å². The lowest BCUT2D eigenvalue weighted by atomic mass is 10.2. The molecule has 7 heteroatoms. The van der Waals surface area contributed by atoms with Crippen molar-refractivity contribution in [2.24, 2.45) is 0 Å². The second kappa shape index (κ2) is 5.75. The predicted molar refractivity (Wildman–Crippen MR) is 73.1 cm³/mol. The first-order valence-electron chi connectivity index (χ1n) is 6.03. The van der Waals surface area contributed by atoms with Gasteiger partial charge in [-0.2, -0.15) is 4.31 Å². The van der Waals surface area contributed by atoms with Crippen LogP contribution in [0.5, 0.6) is 0 Å². The number of piperazine rings is 1. The normalized spacial score (nSPS) is 21.5. The van der Waals surface area contributed by atoms with Gasteiger partial charge < -0.3 is 5.32 Å². The minimum absolute atomic E-state index is 0.0543. The molecule has 0 aromatic heterocycles. The Balaban J connectivity index is 2.14. The quantitative estimate of drug-likeness (QED) is 0.923. The first kappa shape index (κ1) is 14.7. The molecule has 19 heavy (non-hydrogen) atoms. The molecule has 1 aliphatic heterocycles. The lowest BCUT2D eigenvalue weighted by Crippen LogP contribution is -2.51. The van der Waals surface area contributed by atoms with Crippen LogP contribution in [0.1, 0.15) is 12.5 Å². The molecule has 0 bridgehead atoms. The monoisotopic (exact) mass is 306 g/mol. The third-order valence-electron chi connectivity index (χ3n) is 3.06. The highest BCUT2D eigenvalue weighted by Crippen LogP contribution is 2.19. The molecule has 0 amide bonds. The number of nitrogens with one attached hydrogen (secondary N) is 1. The molecule has 0 saturated carbocycles. The van der Waals surface area contributed by atoms with Crippen molar-refractivity contribution in [1.29, 1.82) is 0 Å². The Morgan fingerprint density at radius 3 is 2.89 bits per heavy atom. The van der Waals surface area contributed by atoms with E-state index in [1.807, 2.05) is 6.92 Å². The first-order chi connectivity index (χ1) is 8.88.